The van der Waals surface area contributed by atoms with Crippen LogP contribution in [0.2, 0.25) is 15.1 Å². The van der Waals surface area contributed by atoms with Crippen LogP contribution in [-0.4, -0.2) is 18.0 Å². The van der Waals surface area contributed by atoms with E-state index in [1.165, 1.54) is 6.21 Å². The zero-order chi connectivity index (χ0) is 17.5. The van der Waals surface area contributed by atoms with Gasteiger partial charge in [-0.25, -0.2) is 5.43 Å². The van der Waals surface area contributed by atoms with Crippen molar-refractivity contribution < 1.29 is 9.59 Å². The number of benzene rings is 2. The number of amides is 2. The first-order valence-electron chi connectivity index (χ1n) is 6.77. The summed E-state index contributed by atoms with van der Waals surface area (Å²) < 4.78 is 0. The number of nitrogens with zero attached hydrogens (tertiary/aromatic N) is 1. The summed E-state index contributed by atoms with van der Waals surface area (Å²) in [6.45, 7) is 0. The Hall–Kier alpha value is -2.08. The Balaban J connectivity index is 1.87. The summed E-state index contributed by atoms with van der Waals surface area (Å²) in [6, 6.07) is 11.8. The first-order valence-corrected chi connectivity index (χ1v) is 7.91. The second kappa shape index (κ2) is 8.68. The molecular formula is C16H12Cl3N3O2. The van der Waals surface area contributed by atoms with Crippen LogP contribution in [0.25, 0.3) is 0 Å². The molecule has 0 saturated heterocycles. The van der Waals surface area contributed by atoms with E-state index in [0.717, 1.165) is 0 Å². The second-order valence-corrected chi connectivity index (χ2v) is 5.83. The number of hydrogen-bond acceptors (Lipinski definition) is 3. The molecule has 0 atom stereocenters. The van der Waals surface area contributed by atoms with Crippen LogP contribution in [0.1, 0.15) is 12.0 Å². The van der Waals surface area contributed by atoms with E-state index in [-0.39, 0.29) is 5.02 Å². The number of hydrogen-bond donors (Lipinski definition) is 2. The minimum Gasteiger partial charge on any atom is -0.324 e. The highest BCUT2D eigenvalue weighted by Crippen LogP contribution is 2.29. The van der Waals surface area contributed by atoms with Gasteiger partial charge in [-0.1, -0.05) is 59.1 Å². The van der Waals surface area contributed by atoms with E-state index in [0.29, 0.717) is 21.3 Å². The van der Waals surface area contributed by atoms with Gasteiger partial charge in [-0.3, -0.25) is 9.59 Å². The molecule has 24 heavy (non-hydrogen) atoms. The van der Waals surface area contributed by atoms with E-state index in [1.54, 1.807) is 42.5 Å². The van der Waals surface area contributed by atoms with Crippen LogP contribution < -0.4 is 10.7 Å². The lowest BCUT2D eigenvalue weighted by atomic mass is 10.2. The molecule has 0 fully saturated rings. The van der Waals surface area contributed by atoms with Crippen LogP contribution in [0.3, 0.4) is 0 Å². The highest BCUT2D eigenvalue weighted by atomic mass is 35.5. The maximum absolute atomic E-state index is 11.8. The molecule has 0 aromatic heterocycles. The van der Waals surface area contributed by atoms with Gasteiger partial charge in [-0.2, -0.15) is 5.10 Å². The quantitative estimate of drug-likeness (QED) is 0.462. The number of rotatable bonds is 5. The number of nitrogens with one attached hydrogen (secondary N) is 2. The molecule has 2 aromatic rings. The normalized spacial score (nSPS) is 10.6. The van der Waals surface area contributed by atoms with Gasteiger partial charge >= 0.3 is 0 Å². The van der Waals surface area contributed by atoms with Crippen LogP contribution in [0, 0.1) is 0 Å². The third-order valence-corrected chi connectivity index (χ3v) is 4.01. The van der Waals surface area contributed by atoms with Crippen molar-refractivity contribution in [2.24, 2.45) is 5.10 Å². The minimum atomic E-state index is -0.575. The van der Waals surface area contributed by atoms with Gasteiger partial charge in [0.2, 0.25) is 11.8 Å². The third kappa shape index (κ3) is 5.23. The summed E-state index contributed by atoms with van der Waals surface area (Å²) in [5.41, 5.74) is 3.24. The van der Waals surface area contributed by atoms with Gasteiger partial charge in [-0.15, -0.1) is 0 Å². The van der Waals surface area contributed by atoms with Gasteiger partial charge in [-0.05, 0) is 18.2 Å². The Kier molecular flexibility index (Phi) is 6.61. The summed E-state index contributed by atoms with van der Waals surface area (Å²) in [5, 5.41) is 7.29. The van der Waals surface area contributed by atoms with E-state index < -0.39 is 18.2 Å². The Morgan fingerprint density at radius 2 is 1.67 bits per heavy atom. The SMILES string of the molecule is O=C(CC(=O)Nc1cccc(Cl)c1Cl)NN=Cc1ccccc1Cl. The molecule has 0 spiro atoms. The molecule has 0 aliphatic carbocycles. The molecule has 2 aromatic carbocycles. The first-order chi connectivity index (χ1) is 11.5. The highest BCUT2D eigenvalue weighted by molar-refractivity contribution is 6.44. The predicted octanol–water partition coefficient (Wildman–Crippen LogP) is 4.13. The zero-order valence-electron chi connectivity index (χ0n) is 12.2. The molecule has 0 bridgehead atoms. The van der Waals surface area contributed by atoms with E-state index >= 15 is 0 Å². The van der Waals surface area contributed by atoms with Crippen molar-refractivity contribution in [3.63, 3.8) is 0 Å². The van der Waals surface area contributed by atoms with Crippen LogP contribution in [0.5, 0.6) is 0 Å². The molecule has 0 aliphatic rings. The average Bonchev–Trinajstić information content (AvgIpc) is 2.53. The first kappa shape index (κ1) is 18.3. The van der Waals surface area contributed by atoms with E-state index in [9.17, 15) is 9.59 Å². The van der Waals surface area contributed by atoms with Gasteiger partial charge in [0.15, 0.2) is 0 Å². The fourth-order valence-corrected chi connectivity index (χ4v) is 2.27. The minimum absolute atomic E-state index is 0.213. The molecular weight excluding hydrogens is 373 g/mol. The molecule has 2 rings (SSSR count). The fourth-order valence-electron chi connectivity index (χ4n) is 1.73. The molecule has 2 N–H and O–H groups in total. The van der Waals surface area contributed by atoms with Gasteiger partial charge < -0.3 is 5.32 Å². The number of anilines is 1. The van der Waals surface area contributed by atoms with Crippen molar-refractivity contribution in [2.45, 2.75) is 6.42 Å². The molecule has 124 valence electrons. The summed E-state index contributed by atoms with van der Waals surface area (Å²) in [7, 11) is 0. The van der Waals surface area contributed by atoms with Crippen molar-refractivity contribution in [1.29, 1.82) is 0 Å². The lowest BCUT2D eigenvalue weighted by Gasteiger charge is -2.07. The lowest BCUT2D eigenvalue weighted by Crippen LogP contribution is -2.24. The van der Waals surface area contributed by atoms with Gasteiger partial charge in [0, 0.05) is 10.6 Å². The topological polar surface area (TPSA) is 70.6 Å². The van der Waals surface area contributed by atoms with Crippen molar-refractivity contribution in [3.05, 3.63) is 63.1 Å². The van der Waals surface area contributed by atoms with Crippen LogP contribution in [0.15, 0.2) is 47.6 Å². The lowest BCUT2D eigenvalue weighted by molar-refractivity contribution is -0.126. The van der Waals surface area contributed by atoms with Crippen LogP contribution in [-0.2, 0) is 9.59 Å². The van der Waals surface area contributed by atoms with Crippen molar-refractivity contribution in [3.8, 4) is 0 Å². The van der Waals surface area contributed by atoms with Crippen LogP contribution in [0.4, 0.5) is 5.69 Å². The molecule has 0 saturated carbocycles. The standard InChI is InChI=1S/C16H12Cl3N3O2/c17-11-5-2-1-4-10(11)9-20-22-15(24)8-14(23)21-13-7-3-6-12(18)16(13)19/h1-7,9H,8H2,(H,21,23)(H,22,24). The molecule has 8 heteroatoms. The molecule has 5 nitrogen and oxygen atoms in total. The molecule has 0 aliphatic heterocycles. The number of carbonyl (C=O) groups is 2. The zero-order valence-corrected chi connectivity index (χ0v) is 14.5. The van der Waals surface area contributed by atoms with Crippen LogP contribution >= 0.6 is 34.8 Å². The predicted molar refractivity (Wildman–Crippen MR) is 96.9 cm³/mol. The van der Waals surface area contributed by atoms with Gasteiger partial charge in [0.05, 0.1) is 21.9 Å². The van der Waals surface area contributed by atoms with Crippen molar-refractivity contribution in [1.82, 2.24) is 5.43 Å². The molecule has 0 unspecified atom stereocenters. The average molecular weight is 385 g/mol. The Bertz CT molecular complexity index is 794. The summed E-state index contributed by atoms with van der Waals surface area (Å²) in [4.78, 5) is 23.5. The van der Waals surface area contributed by atoms with Gasteiger partial charge in [0.25, 0.3) is 0 Å². The Morgan fingerprint density at radius 1 is 0.958 bits per heavy atom. The highest BCUT2D eigenvalue weighted by Gasteiger charge is 2.12. The van der Waals surface area contributed by atoms with Gasteiger partial charge in [0.1, 0.15) is 6.42 Å². The maximum atomic E-state index is 11.8. The van der Waals surface area contributed by atoms with Crippen molar-refractivity contribution >= 4 is 58.5 Å². The monoisotopic (exact) mass is 383 g/mol. The Labute approximate surface area is 153 Å². The molecule has 0 radical (unpaired) electrons. The van der Waals surface area contributed by atoms with Crippen molar-refractivity contribution in [2.75, 3.05) is 5.32 Å². The maximum Gasteiger partial charge on any atom is 0.249 e. The van der Waals surface area contributed by atoms with E-state index in [2.05, 4.69) is 15.8 Å². The molecule has 0 heterocycles. The number of halogens is 3. The summed E-state index contributed by atoms with van der Waals surface area (Å²) >= 11 is 17.8. The summed E-state index contributed by atoms with van der Waals surface area (Å²) in [5.74, 6) is -1.11. The second-order valence-electron chi connectivity index (χ2n) is 4.64. The van der Waals surface area contributed by atoms with E-state index in [4.69, 9.17) is 34.8 Å². The Morgan fingerprint density at radius 3 is 2.42 bits per heavy atom. The molecule has 2 amide bonds. The largest absolute Gasteiger partial charge is 0.324 e. The fraction of sp³-hybridized carbons (Fsp3) is 0.0625. The smallest absolute Gasteiger partial charge is 0.249 e. The number of hydrazone groups is 1. The number of carbonyl (C=O) groups excluding carboxylic acids is 2. The van der Waals surface area contributed by atoms with E-state index in [1.807, 2.05) is 0 Å². The third-order valence-electron chi connectivity index (χ3n) is 2.84. The summed E-state index contributed by atoms with van der Waals surface area (Å²) in [6.07, 6.45) is 0.981.